The molecule has 2 heterocycles. The molecule has 1 unspecified atom stereocenters. The molecule has 2 aromatic carbocycles. The van der Waals surface area contributed by atoms with Crippen molar-refractivity contribution in [2.75, 3.05) is 23.4 Å². The number of benzene rings is 2. The van der Waals surface area contributed by atoms with E-state index in [9.17, 15) is 5.11 Å². The van der Waals surface area contributed by atoms with Crippen LogP contribution in [0.1, 0.15) is 24.6 Å². The molecule has 1 atom stereocenters. The van der Waals surface area contributed by atoms with Crippen LogP contribution in [0.3, 0.4) is 0 Å². The predicted octanol–water partition coefficient (Wildman–Crippen LogP) is 2.24. The first-order valence-corrected chi connectivity index (χ1v) is 10.3. The third-order valence-corrected chi connectivity index (χ3v) is 5.19. The van der Waals surface area contributed by atoms with Gasteiger partial charge in [-0.2, -0.15) is 0 Å². The molecule has 1 aliphatic rings. The number of ether oxygens (including phenoxy) is 1. The summed E-state index contributed by atoms with van der Waals surface area (Å²) in [4.78, 5) is 12.6. The van der Waals surface area contributed by atoms with Crippen LogP contribution in [0, 0.1) is 0 Å². The van der Waals surface area contributed by atoms with E-state index in [2.05, 4.69) is 44.2 Å². The summed E-state index contributed by atoms with van der Waals surface area (Å²) in [6.07, 6.45) is 5.40. The molecule has 30 heavy (non-hydrogen) atoms. The Labute approximate surface area is 176 Å². The monoisotopic (exact) mass is 406 g/mol. The molecular formula is C23H28N5O2+. The van der Waals surface area contributed by atoms with Crippen molar-refractivity contribution in [3.8, 4) is 5.75 Å². The summed E-state index contributed by atoms with van der Waals surface area (Å²) in [6, 6.07) is 16.4. The maximum atomic E-state index is 10.4. The lowest BCUT2D eigenvalue weighted by Gasteiger charge is -2.30. The zero-order valence-corrected chi connectivity index (χ0v) is 17.1. The number of nitrogens with zero attached hydrogens (tertiary/aromatic N) is 2. The molecule has 3 aromatic rings. The first kappa shape index (κ1) is 19.8. The van der Waals surface area contributed by atoms with Crippen LogP contribution in [0.5, 0.6) is 5.75 Å². The zero-order valence-electron chi connectivity index (χ0n) is 17.1. The Bertz CT molecular complexity index is 973. The van der Waals surface area contributed by atoms with E-state index in [0.29, 0.717) is 6.61 Å². The molecule has 0 radical (unpaired) electrons. The summed E-state index contributed by atoms with van der Waals surface area (Å²) in [7, 11) is 0. The van der Waals surface area contributed by atoms with Crippen molar-refractivity contribution in [1.82, 2.24) is 9.97 Å². The summed E-state index contributed by atoms with van der Waals surface area (Å²) in [5.74, 6) is 0.843. The maximum absolute atomic E-state index is 10.4. The standard InChI is InChI=1S/C23H27N5O2/c1-17(7-8-18-5-3-2-4-6-18)26-23(29)27-19-9-10-22-21(13-19)28(11-12-30-22)15-20-14-24-16-25-20/h2-6,9-10,13-14,16-17H,7-8,11-12,15H2,1H3,(H,24,25)(H2,26,27,29)/p+1. The molecule has 0 saturated heterocycles. The van der Waals surface area contributed by atoms with Crippen molar-refractivity contribution in [3.63, 3.8) is 0 Å². The minimum absolute atomic E-state index is 0.0485. The van der Waals surface area contributed by atoms with Gasteiger partial charge in [0, 0.05) is 12.3 Å². The molecular weight excluding hydrogens is 378 g/mol. The van der Waals surface area contributed by atoms with Gasteiger partial charge >= 0.3 is 6.02 Å². The van der Waals surface area contributed by atoms with E-state index in [1.54, 1.807) is 6.33 Å². The number of aromatic nitrogens is 2. The smallest absolute Gasteiger partial charge is 0.444 e. The quantitative estimate of drug-likeness (QED) is 0.357. The van der Waals surface area contributed by atoms with Crippen LogP contribution in [0.25, 0.3) is 0 Å². The Morgan fingerprint density at radius 2 is 2.17 bits per heavy atom. The number of anilines is 2. The molecule has 1 aliphatic heterocycles. The maximum Gasteiger partial charge on any atom is 0.444 e. The Hall–Kier alpha value is -3.48. The number of fused-ring (bicyclic) bond motifs is 1. The molecule has 0 aliphatic carbocycles. The van der Waals surface area contributed by atoms with Gasteiger partial charge in [-0.25, -0.2) is 15.3 Å². The van der Waals surface area contributed by atoms with Crippen molar-refractivity contribution >= 4 is 17.4 Å². The van der Waals surface area contributed by atoms with E-state index >= 15 is 0 Å². The van der Waals surface area contributed by atoms with E-state index in [-0.39, 0.29) is 12.1 Å². The second kappa shape index (κ2) is 9.35. The van der Waals surface area contributed by atoms with Gasteiger partial charge in [-0.05, 0) is 37.5 Å². The Morgan fingerprint density at radius 1 is 1.30 bits per heavy atom. The molecule has 0 amide bonds. The summed E-state index contributed by atoms with van der Waals surface area (Å²) in [5, 5.41) is 13.4. The van der Waals surface area contributed by atoms with Crippen LogP contribution in [0.15, 0.2) is 61.1 Å². The number of hydrogen-bond acceptors (Lipinski definition) is 3. The van der Waals surface area contributed by atoms with Gasteiger partial charge in [0.25, 0.3) is 0 Å². The third kappa shape index (κ3) is 5.11. The first-order valence-electron chi connectivity index (χ1n) is 10.3. The molecule has 7 heteroatoms. The van der Waals surface area contributed by atoms with Crippen LogP contribution in [0.4, 0.5) is 11.4 Å². The van der Waals surface area contributed by atoms with Crippen LogP contribution < -0.4 is 19.9 Å². The van der Waals surface area contributed by atoms with E-state index in [1.807, 2.05) is 42.6 Å². The molecule has 0 bridgehead atoms. The van der Waals surface area contributed by atoms with Gasteiger partial charge in [0.05, 0.1) is 36.8 Å². The van der Waals surface area contributed by atoms with Crippen molar-refractivity contribution in [2.45, 2.75) is 32.4 Å². The van der Waals surface area contributed by atoms with Gasteiger partial charge in [0.15, 0.2) is 0 Å². The van der Waals surface area contributed by atoms with Crippen LogP contribution in [-0.2, 0) is 13.0 Å². The van der Waals surface area contributed by atoms with Gasteiger partial charge in [0.1, 0.15) is 18.0 Å². The minimum Gasteiger partial charge on any atom is -0.490 e. The fraction of sp³-hybridized carbons (Fsp3) is 0.304. The molecule has 0 fully saturated rings. The number of aryl methyl sites for hydroxylation is 1. The van der Waals surface area contributed by atoms with E-state index in [1.165, 1.54) is 5.56 Å². The molecule has 4 rings (SSSR count). The van der Waals surface area contributed by atoms with Crippen LogP contribution in [-0.4, -0.2) is 40.3 Å². The van der Waals surface area contributed by atoms with Crippen LogP contribution >= 0.6 is 0 Å². The van der Waals surface area contributed by atoms with Crippen molar-refractivity contribution in [1.29, 1.82) is 0 Å². The average Bonchev–Trinajstić information content (AvgIpc) is 3.26. The molecule has 1 aromatic heterocycles. The second-order valence-corrected chi connectivity index (χ2v) is 7.57. The molecule has 156 valence electrons. The van der Waals surface area contributed by atoms with Gasteiger partial charge in [-0.1, -0.05) is 30.3 Å². The van der Waals surface area contributed by atoms with Crippen molar-refractivity contribution in [2.24, 2.45) is 0 Å². The number of aliphatic hydroxyl groups is 1. The number of H-pyrrole nitrogens is 1. The predicted molar refractivity (Wildman–Crippen MR) is 118 cm³/mol. The van der Waals surface area contributed by atoms with E-state index < -0.39 is 0 Å². The third-order valence-electron chi connectivity index (χ3n) is 5.19. The topological polar surface area (TPSA) is 87.4 Å². The summed E-state index contributed by atoms with van der Waals surface area (Å²) < 4.78 is 5.79. The van der Waals surface area contributed by atoms with Gasteiger partial charge < -0.3 is 19.7 Å². The lowest BCUT2D eigenvalue weighted by atomic mass is 10.1. The number of nitrogens with one attached hydrogen (secondary N) is 3. The largest absolute Gasteiger partial charge is 0.490 e. The van der Waals surface area contributed by atoms with Crippen molar-refractivity contribution < 1.29 is 14.8 Å². The van der Waals surface area contributed by atoms with E-state index in [4.69, 9.17) is 4.74 Å². The molecule has 4 N–H and O–H groups in total. The highest BCUT2D eigenvalue weighted by Gasteiger charge is 2.21. The number of aromatic amines is 1. The average molecular weight is 407 g/mol. The summed E-state index contributed by atoms with van der Waals surface area (Å²) in [5.41, 5.74) is 4.13. The number of rotatable bonds is 7. The molecule has 0 spiro atoms. The van der Waals surface area contributed by atoms with Gasteiger partial charge in [-0.15, -0.1) is 0 Å². The highest BCUT2D eigenvalue weighted by atomic mass is 16.5. The number of hydrogen-bond donors (Lipinski definition) is 4. The normalized spacial score (nSPS) is 14.7. The molecule has 7 nitrogen and oxygen atoms in total. The lowest BCUT2D eigenvalue weighted by molar-refractivity contribution is -0.507. The van der Waals surface area contributed by atoms with E-state index in [0.717, 1.165) is 48.7 Å². The minimum atomic E-state index is 0.0485. The first-order chi connectivity index (χ1) is 14.7. The SMILES string of the molecule is CC(CCc1ccccc1)[NH+]=C(O)Nc1ccc2c(c1)N(Cc1cnc[nH]1)CCO2. The number of amidine groups is 1. The highest BCUT2D eigenvalue weighted by Crippen LogP contribution is 2.34. The van der Waals surface area contributed by atoms with Gasteiger partial charge in [-0.3, -0.25) is 0 Å². The Kier molecular flexibility index (Phi) is 6.17. The summed E-state index contributed by atoms with van der Waals surface area (Å²) >= 11 is 0. The highest BCUT2D eigenvalue weighted by molar-refractivity contribution is 5.84. The number of imidazole rings is 1. The summed E-state index contributed by atoms with van der Waals surface area (Å²) in [6.45, 7) is 4.23. The Morgan fingerprint density at radius 3 is 2.97 bits per heavy atom. The fourth-order valence-electron chi connectivity index (χ4n) is 3.60. The zero-order chi connectivity index (χ0) is 20.8. The van der Waals surface area contributed by atoms with Crippen LogP contribution in [0.2, 0.25) is 0 Å². The fourth-order valence-corrected chi connectivity index (χ4v) is 3.60. The Balaban J connectivity index is 1.39. The second-order valence-electron chi connectivity index (χ2n) is 7.57. The van der Waals surface area contributed by atoms with Crippen molar-refractivity contribution in [3.05, 3.63) is 72.3 Å². The lowest BCUT2D eigenvalue weighted by Crippen LogP contribution is -2.80. The number of aliphatic hydroxyl groups excluding tert-OH is 1. The molecule has 0 saturated carbocycles. The van der Waals surface area contributed by atoms with Gasteiger partial charge in [0.2, 0.25) is 0 Å².